The van der Waals surface area contributed by atoms with Gasteiger partial charge in [-0.2, -0.15) is 13.2 Å². The minimum absolute atomic E-state index is 0.0330. The van der Waals surface area contributed by atoms with Gasteiger partial charge in [0.15, 0.2) is 0 Å². The molecule has 21 heavy (non-hydrogen) atoms. The van der Waals surface area contributed by atoms with E-state index in [4.69, 9.17) is 17.3 Å². The molecule has 0 radical (unpaired) electrons. The summed E-state index contributed by atoms with van der Waals surface area (Å²) in [6.07, 6.45) is -3.84. The maximum Gasteiger partial charge on any atom is 0.418 e. The lowest BCUT2D eigenvalue weighted by Crippen LogP contribution is -2.13. The normalized spacial score (nSPS) is 11.4. The molecular formula is C15H14ClF3N2. The Balaban J connectivity index is 2.05. The van der Waals surface area contributed by atoms with E-state index in [0.717, 1.165) is 11.6 Å². The van der Waals surface area contributed by atoms with Gasteiger partial charge in [-0.1, -0.05) is 23.7 Å². The summed E-state index contributed by atoms with van der Waals surface area (Å²) >= 11 is 5.77. The van der Waals surface area contributed by atoms with Crippen LogP contribution in [0.3, 0.4) is 0 Å². The zero-order chi connectivity index (χ0) is 15.5. The van der Waals surface area contributed by atoms with E-state index < -0.39 is 11.7 Å². The number of nitrogens with one attached hydrogen (secondary N) is 1. The van der Waals surface area contributed by atoms with Crippen molar-refractivity contribution in [2.45, 2.75) is 12.6 Å². The highest BCUT2D eigenvalue weighted by Crippen LogP contribution is 2.36. The molecule has 6 heteroatoms. The van der Waals surface area contributed by atoms with Crippen molar-refractivity contribution in [3.63, 3.8) is 0 Å². The summed E-state index contributed by atoms with van der Waals surface area (Å²) in [7, 11) is 0. The zero-order valence-corrected chi connectivity index (χ0v) is 11.8. The highest BCUT2D eigenvalue weighted by atomic mass is 35.5. The summed E-state index contributed by atoms with van der Waals surface area (Å²) in [5.41, 5.74) is 5.78. The Kier molecular flexibility index (Phi) is 4.63. The van der Waals surface area contributed by atoms with Crippen LogP contribution in [0.15, 0.2) is 42.5 Å². The van der Waals surface area contributed by atoms with E-state index in [1.54, 1.807) is 12.1 Å². The fourth-order valence-corrected chi connectivity index (χ4v) is 2.07. The molecule has 2 aromatic carbocycles. The van der Waals surface area contributed by atoms with Crippen LogP contribution in [0, 0.1) is 0 Å². The van der Waals surface area contributed by atoms with Crippen molar-refractivity contribution in [3.05, 3.63) is 58.6 Å². The van der Waals surface area contributed by atoms with Crippen LogP contribution in [-0.2, 0) is 12.6 Å². The second kappa shape index (κ2) is 6.26. The molecule has 0 amide bonds. The zero-order valence-electron chi connectivity index (χ0n) is 11.0. The van der Waals surface area contributed by atoms with Crippen molar-refractivity contribution < 1.29 is 13.2 Å². The average molecular weight is 315 g/mol. The average Bonchev–Trinajstić information content (AvgIpc) is 2.41. The number of benzene rings is 2. The molecule has 0 heterocycles. The second-order valence-electron chi connectivity index (χ2n) is 4.61. The highest BCUT2D eigenvalue weighted by Gasteiger charge is 2.33. The van der Waals surface area contributed by atoms with Gasteiger partial charge in [0, 0.05) is 22.9 Å². The van der Waals surface area contributed by atoms with Crippen LogP contribution in [0.25, 0.3) is 0 Å². The molecule has 2 rings (SSSR count). The van der Waals surface area contributed by atoms with E-state index in [1.807, 2.05) is 12.1 Å². The second-order valence-corrected chi connectivity index (χ2v) is 5.04. The van der Waals surface area contributed by atoms with Crippen molar-refractivity contribution in [1.29, 1.82) is 0 Å². The van der Waals surface area contributed by atoms with Gasteiger partial charge in [0.1, 0.15) is 0 Å². The monoisotopic (exact) mass is 314 g/mol. The third-order valence-corrected chi connectivity index (χ3v) is 3.24. The lowest BCUT2D eigenvalue weighted by atomic mass is 10.1. The van der Waals surface area contributed by atoms with Gasteiger partial charge >= 0.3 is 6.18 Å². The molecule has 0 aliphatic heterocycles. The van der Waals surface area contributed by atoms with Gasteiger partial charge in [-0.3, -0.25) is 0 Å². The number of nitrogens with two attached hydrogens (primary N) is 1. The Morgan fingerprint density at radius 2 is 1.71 bits per heavy atom. The molecule has 2 aromatic rings. The first-order chi connectivity index (χ1) is 9.86. The molecule has 0 unspecified atom stereocenters. The molecule has 3 N–H and O–H groups in total. The molecule has 0 bridgehead atoms. The quantitative estimate of drug-likeness (QED) is 0.810. The Morgan fingerprint density at radius 3 is 2.33 bits per heavy atom. The summed E-state index contributed by atoms with van der Waals surface area (Å²) in [5, 5.41) is 3.43. The number of anilines is 2. The van der Waals surface area contributed by atoms with Crippen molar-refractivity contribution in [2.75, 3.05) is 17.6 Å². The third-order valence-electron chi connectivity index (χ3n) is 2.99. The molecule has 0 fully saturated rings. The van der Waals surface area contributed by atoms with Gasteiger partial charge in [-0.15, -0.1) is 0 Å². The smallest absolute Gasteiger partial charge is 0.399 e. The molecule has 112 valence electrons. The first-order valence-electron chi connectivity index (χ1n) is 6.31. The Bertz CT molecular complexity index is 609. The van der Waals surface area contributed by atoms with E-state index in [9.17, 15) is 13.2 Å². The lowest BCUT2D eigenvalue weighted by Gasteiger charge is -2.15. The van der Waals surface area contributed by atoms with E-state index >= 15 is 0 Å². The van der Waals surface area contributed by atoms with Crippen LogP contribution >= 0.6 is 11.6 Å². The van der Waals surface area contributed by atoms with Gasteiger partial charge < -0.3 is 11.1 Å². The number of halogens is 4. The molecule has 0 aliphatic rings. The van der Waals surface area contributed by atoms with Crippen molar-refractivity contribution in [2.24, 2.45) is 0 Å². The molecule has 0 aliphatic carbocycles. The highest BCUT2D eigenvalue weighted by molar-refractivity contribution is 6.30. The van der Waals surface area contributed by atoms with Gasteiger partial charge in [0.25, 0.3) is 0 Å². The lowest BCUT2D eigenvalue weighted by molar-refractivity contribution is -0.136. The van der Waals surface area contributed by atoms with Crippen LogP contribution in [0.2, 0.25) is 5.02 Å². The number of hydrogen-bond donors (Lipinski definition) is 2. The predicted octanol–water partition coefficient (Wildman–Crippen LogP) is 4.60. The maximum absolute atomic E-state index is 12.9. The number of nitrogen functional groups attached to an aromatic ring is 1. The summed E-state index contributed by atoms with van der Waals surface area (Å²) in [6, 6.07) is 10.9. The molecule has 0 atom stereocenters. The summed E-state index contributed by atoms with van der Waals surface area (Å²) in [5.74, 6) is 0. The SMILES string of the molecule is Nc1ccc(NCCc2ccc(Cl)cc2)c(C(F)(F)F)c1. The topological polar surface area (TPSA) is 38.0 Å². The van der Waals surface area contributed by atoms with Crippen LogP contribution in [-0.4, -0.2) is 6.54 Å². The molecule has 0 spiro atoms. The summed E-state index contributed by atoms with van der Waals surface area (Å²) < 4.78 is 38.7. The van der Waals surface area contributed by atoms with Gasteiger partial charge in [-0.25, -0.2) is 0 Å². The van der Waals surface area contributed by atoms with Crippen LogP contribution in [0.4, 0.5) is 24.5 Å². The van der Waals surface area contributed by atoms with E-state index in [0.29, 0.717) is 18.0 Å². The third kappa shape index (κ3) is 4.29. The largest absolute Gasteiger partial charge is 0.418 e. The fourth-order valence-electron chi connectivity index (χ4n) is 1.94. The number of hydrogen-bond acceptors (Lipinski definition) is 2. The standard InChI is InChI=1S/C15H14ClF3N2/c16-11-3-1-10(2-4-11)7-8-21-14-6-5-12(20)9-13(14)15(17,18)19/h1-6,9,21H,7-8,20H2. The molecule has 2 nitrogen and oxygen atoms in total. The van der Waals surface area contributed by atoms with Gasteiger partial charge in [0.2, 0.25) is 0 Å². The number of alkyl halides is 3. The van der Waals surface area contributed by atoms with Crippen LogP contribution < -0.4 is 11.1 Å². The minimum atomic E-state index is -4.43. The molecular weight excluding hydrogens is 301 g/mol. The van der Waals surface area contributed by atoms with E-state index in [-0.39, 0.29) is 11.4 Å². The van der Waals surface area contributed by atoms with Gasteiger partial charge in [-0.05, 0) is 42.3 Å². The van der Waals surface area contributed by atoms with Crippen LogP contribution in [0.1, 0.15) is 11.1 Å². The summed E-state index contributed by atoms with van der Waals surface area (Å²) in [4.78, 5) is 0. The number of rotatable bonds is 4. The van der Waals surface area contributed by atoms with E-state index in [2.05, 4.69) is 5.32 Å². The molecule has 0 saturated heterocycles. The molecule has 0 aromatic heterocycles. The van der Waals surface area contributed by atoms with Gasteiger partial charge in [0.05, 0.1) is 5.56 Å². The first-order valence-corrected chi connectivity index (χ1v) is 6.69. The van der Waals surface area contributed by atoms with Crippen molar-refractivity contribution in [3.8, 4) is 0 Å². The Hall–Kier alpha value is -1.88. The Morgan fingerprint density at radius 1 is 1.05 bits per heavy atom. The predicted molar refractivity (Wildman–Crippen MR) is 79.5 cm³/mol. The fraction of sp³-hybridized carbons (Fsp3) is 0.200. The van der Waals surface area contributed by atoms with Crippen molar-refractivity contribution in [1.82, 2.24) is 0 Å². The maximum atomic E-state index is 12.9. The summed E-state index contributed by atoms with van der Waals surface area (Å²) in [6.45, 7) is 0.384. The van der Waals surface area contributed by atoms with Crippen LogP contribution in [0.5, 0.6) is 0 Å². The Labute approximate surface area is 125 Å². The first kappa shape index (κ1) is 15.5. The minimum Gasteiger partial charge on any atom is -0.399 e. The molecule has 0 saturated carbocycles. The van der Waals surface area contributed by atoms with Crippen molar-refractivity contribution >= 4 is 23.0 Å². The van der Waals surface area contributed by atoms with E-state index in [1.165, 1.54) is 12.1 Å².